The number of amides is 1. The predicted octanol–water partition coefficient (Wildman–Crippen LogP) is 2.18. The van der Waals surface area contributed by atoms with Crippen LogP contribution >= 0.6 is 0 Å². The van der Waals surface area contributed by atoms with Gasteiger partial charge in [-0.05, 0) is 48.9 Å². The second-order valence-corrected chi connectivity index (χ2v) is 5.48. The molecule has 128 valence electrons. The minimum absolute atomic E-state index is 0.0875. The van der Waals surface area contributed by atoms with Gasteiger partial charge in [0.2, 0.25) is 5.91 Å². The molecule has 0 fully saturated rings. The Labute approximate surface area is 142 Å². The standard InChI is InChI=1S/C18H24N4O2/c1-3-22(11-8-14-6-9-20-10-7-14)13-18(23)21-16-12-15(19)4-5-17(16)24-2/h4-7,9-10,12H,3,8,11,13,19H2,1-2H3,(H,21,23). The molecule has 2 aromatic rings. The van der Waals surface area contributed by atoms with Crippen molar-refractivity contribution in [2.24, 2.45) is 0 Å². The zero-order chi connectivity index (χ0) is 17.4. The maximum absolute atomic E-state index is 12.3. The van der Waals surface area contributed by atoms with Crippen molar-refractivity contribution in [3.63, 3.8) is 0 Å². The van der Waals surface area contributed by atoms with Gasteiger partial charge in [0.15, 0.2) is 0 Å². The smallest absolute Gasteiger partial charge is 0.238 e. The van der Waals surface area contributed by atoms with Crippen molar-refractivity contribution in [2.45, 2.75) is 13.3 Å². The number of nitrogens with one attached hydrogen (secondary N) is 1. The second-order valence-electron chi connectivity index (χ2n) is 5.48. The van der Waals surface area contributed by atoms with Crippen molar-refractivity contribution in [2.75, 3.05) is 37.8 Å². The lowest BCUT2D eigenvalue weighted by molar-refractivity contribution is -0.117. The fraction of sp³-hybridized carbons (Fsp3) is 0.333. The fourth-order valence-electron chi connectivity index (χ4n) is 2.40. The molecule has 1 aromatic carbocycles. The molecule has 3 N–H and O–H groups in total. The number of hydrogen-bond donors (Lipinski definition) is 2. The van der Waals surface area contributed by atoms with E-state index in [2.05, 4.69) is 15.2 Å². The molecule has 6 heteroatoms. The topological polar surface area (TPSA) is 80.5 Å². The summed E-state index contributed by atoms with van der Waals surface area (Å²) >= 11 is 0. The minimum Gasteiger partial charge on any atom is -0.495 e. The minimum atomic E-state index is -0.0875. The third kappa shape index (κ3) is 5.24. The Morgan fingerprint density at radius 2 is 2.04 bits per heavy atom. The number of likely N-dealkylation sites (N-methyl/N-ethyl adjacent to an activating group) is 1. The number of anilines is 2. The van der Waals surface area contributed by atoms with Crippen LogP contribution < -0.4 is 15.8 Å². The van der Waals surface area contributed by atoms with Gasteiger partial charge in [-0.3, -0.25) is 14.7 Å². The Kier molecular flexibility index (Phi) is 6.57. The van der Waals surface area contributed by atoms with Crippen LogP contribution in [0.2, 0.25) is 0 Å². The van der Waals surface area contributed by atoms with Crippen molar-refractivity contribution < 1.29 is 9.53 Å². The van der Waals surface area contributed by atoms with E-state index in [-0.39, 0.29) is 5.91 Å². The summed E-state index contributed by atoms with van der Waals surface area (Å²) < 4.78 is 5.25. The molecule has 0 aliphatic rings. The average Bonchev–Trinajstić information content (AvgIpc) is 2.59. The van der Waals surface area contributed by atoms with Gasteiger partial charge in [-0.2, -0.15) is 0 Å². The van der Waals surface area contributed by atoms with Crippen LogP contribution in [0.3, 0.4) is 0 Å². The van der Waals surface area contributed by atoms with Gasteiger partial charge < -0.3 is 15.8 Å². The highest BCUT2D eigenvalue weighted by molar-refractivity contribution is 5.94. The van der Waals surface area contributed by atoms with E-state index >= 15 is 0 Å². The molecule has 0 atom stereocenters. The van der Waals surface area contributed by atoms with Gasteiger partial charge in [0.1, 0.15) is 5.75 Å². The highest BCUT2D eigenvalue weighted by atomic mass is 16.5. The summed E-state index contributed by atoms with van der Waals surface area (Å²) in [6.07, 6.45) is 4.44. The van der Waals surface area contributed by atoms with Crippen LogP contribution in [-0.4, -0.2) is 42.5 Å². The molecule has 24 heavy (non-hydrogen) atoms. The first-order valence-electron chi connectivity index (χ1n) is 7.97. The zero-order valence-corrected chi connectivity index (χ0v) is 14.2. The number of carbonyl (C=O) groups excluding carboxylic acids is 1. The first kappa shape index (κ1) is 17.7. The first-order valence-corrected chi connectivity index (χ1v) is 7.97. The molecular weight excluding hydrogens is 304 g/mol. The number of ether oxygens (including phenoxy) is 1. The normalized spacial score (nSPS) is 10.6. The first-order chi connectivity index (χ1) is 11.6. The van der Waals surface area contributed by atoms with Crippen molar-refractivity contribution >= 4 is 17.3 Å². The van der Waals surface area contributed by atoms with Crippen LogP contribution in [0.25, 0.3) is 0 Å². The lowest BCUT2D eigenvalue weighted by Crippen LogP contribution is -2.34. The van der Waals surface area contributed by atoms with Crippen molar-refractivity contribution in [3.8, 4) is 5.75 Å². The molecule has 1 aromatic heterocycles. The molecule has 0 aliphatic heterocycles. The molecule has 1 amide bonds. The molecule has 6 nitrogen and oxygen atoms in total. The largest absolute Gasteiger partial charge is 0.495 e. The number of pyridine rings is 1. The SMILES string of the molecule is CCN(CCc1ccncc1)CC(=O)Nc1cc(N)ccc1OC. The highest BCUT2D eigenvalue weighted by Crippen LogP contribution is 2.26. The third-order valence-corrected chi connectivity index (χ3v) is 3.78. The number of nitrogens with two attached hydrogens (primary N) is 1. The van der Waals surface area contributed by atoms with Crippen LogP contribution in [0.5, 0.6) is 5.75 Å². The number of benzene rings is 1. The number of rotatable bonds is 8. The van der Waals surface area contributed by atoms with Crippen LogP contribution in [-0.2, 0) is 11.2 Å². The van der Waals surface area contributed by atoms with Gasteiger partial charge >= 0.3 is 0 Å². The molecule has 0 saturated heterocycles. The molecule has 1 heterocycles. The predicted molar refractivity (Wildman–Crippen MR) is 96.1 cm³/mol. The van der Waals surface area contributed by atoms with Crippen molar-refractivity contribution in [1.29, 1.82) is 0 Å². The van der Waals surface area contributed by atoms with Gasteiger partial charge in [-0.15, -0.1) is 0 Å². The monoisotopic (exact) mass is 328 g/mol. The van der Waals surface area contributed by atoms with E-state index in [0.29, 0.717) is 23.7 Å². The fourth-order valence-corrected chi connectivity index (χ4v) is 2.40. The van der Waals surface area contributed by atoms with E-state index in [1.807, 2.05) is 19.1 Å². The highest BCUT2D eigenvalue weighted by Gasteiger charge is 2.12. The van der Waals surface area contributed by atoms with E-state index in [1.54, 1.807) is 37.7 Å². The summed E-state index contributed by atoms with van der Waals surface area (Å²) in [5, 5.41) is 2.87. The second kappa shape index (κ2) is 8.88. The van der Waals surface area contributed by atoms with E-state index in [1.165, 1.54) is 5.56 Å². The number of carbonyl (C=O) groups is 1. The van der Waals surface area contributed by atoms with Crippen LogP contribution in [0.4, 0.5) is 11.4 Å². The van der Waals surface area contributed by atoms with Crippen molar-refractivity contribution in [3.05, 3.63) is 48.3 Å². The molecule has 0 unspecified atom stereocenters. The van der Waals surface area contributed by atoms with Crippen LogP contribution in [0.15, 0.2) is 42.7 Å². The summed E-state index contributed by atoms with van der Waals surface area (Å²) in [5.74, 6) is 0.507. The summed E-state index contributed by atoms with van der Waals surface area (Å²) in [7, 11) is 1.56. The van der Waals surface area contributed by atoms with Gasteiger partial charge in [0.25, 0.3) is 0 Å². The van der Waals surface area contributed by atoms with E-state index in [9.17, 15) is 4.79 Å². The molecular formula is C18H24N4O2. The van der Waals surface area contributed by atoms with E-state index in [0.717, 1.165) is 19.5 Å². The Morgan fingerprint density at radius 1 is 1.29 bits per heavy atom. The van der Waals surface area contributed by atoms with Crippen LogP contribution in [0, 0.1) is 0 Å². The number of nitrogen functional groups attached to an aromatic ring is 1. The Hall–Kier alpha value is -2.60. The third-order valence-electron chi connectivity index (χ3n) is 3.78. The maximum Gasteiger partial charge on any atom is 0.238 e. The van der Waals surface area contributed by atoms with Gasteiger partial charge in [0, 0.05) is 24.6 Å². The van der Waals surface area contributed by atoms with Gasteiger partial charge in [-0.25, -0.2) is 0 Å². The number of nitrogens with zero attached hydrogens (tertiary/aromatic N) is 2. The molecule has 0 bridgehead atoms. The molecule has 0 radical (unpaired) electrons. The zero-order valence-electron chi connectivity index (χ0n) is 14.2. The average molecular weight is 328 g/mol. The summed E-state index contributed by atoms with van der Waals surface area (Å²) in [6.45, 7) is 3.97. The molecule has 2 rings (SSSR count). The maximum atomic E-state index is 12.3. The molecule has 0 saturated carbocycles. The summed E-state index contributed by atoms with van der Waals surface area (Å²) in [6, 6.07) is 9.16. The summed E-state index contributed by atoms with van der Waals surface area (Å²) in [5.41, 5.74) is 8.15. The number of methoxy groups -OCH3 is 1. The lowest BCUT2D eigenvalue weighted by atomic mass is 10.2. The molecule has 0 aliphatic carbocycles. The molecule has 0 spiro atoms. The van der Waals surface area contributed by atoms with E-state index in [4.69, 9.17) is 10.5 Å². The van der Waals surface area contributed by atoms with Gasteiger partial charge in [-0.1, -0.05) is 6.92 Å². The van der Waals surface area contributed by atoms with Gasteiger partial charge in [0.05, 0.1) is 19.3 Å². The lowest BCUT2D eigenvalue weighted by Gasteiger charge is -2.20. The van der Waals surface area contributed by atoms with Crippen LogP contribution in [0.1, 0.15) is 12.5 Å². The quantitative estimate of drug-likeness (QED) is 0.726. The Bertz CT molecular complexity index is 661. The Morgan fingerprint density at radius 3 is 2.71 bits per heavy atom. The Balaban J connectivity index is 1.91. The number of aromatic nitrogens is 1. The van der Waals surface area contributed by atoms with Crippen molar-refractivity contribution in [1.82, 2.24) is 9.88 Å². The number of hydrogen-bond acceptors (Lipinski definition) is 5. The summed E-state index contributed by atoms with van der Waals surface area (Å²) in [4.78, 5) is 18.4. The van der Waals surface area contributed by atoms with E-state index < -0.39 is 0 Å².